The second-order valence-electron chi connectivity index (χ2n) is 14.1. The van der Waals surface area contributed by atoms with Crippen molar-refractivity contribution in [2.45, 2.75) is 70.4 Å². The third-order valence-electron chi connectivity index (χ3n) is 10.9. The molecule has 2 aromatic carbocycles. The Bertz CT molecular complexity index is 1960. The average Bonchev–Trinajstić information content (AvgIpc) is 3.52. The van der Waals surface area contributed by atoms with Crippen LogP contribution >= 0.6 is 0 Å². The van der Waals surface area contributed by atoms with E-state index in [4.69, 9.17) is 0 Å². The molecule has 2 aromatic rings. The molecule has 1 aliphatic heterocycles. The number of rotatable bonds is 9. The first-order chi connectivity index (χ1) is 24.8. The number of allylic oxidation sites excluding steroid dienone is 18. The highest BCUT2D eigenvalue weighted by Crippen LogP contribution is 2.46. The molecule has 6 aliphatic rings. The van der Waals surface area contributed by atoms with Crippen LogP contribution in [0, 0.1) is 5.92 Å². The van der Waals surface area contributed by atoms with Gasteiger partial charge in [-0.25, -0.2) is 0 Å². The summed E-state index contributed by atoms with van der Waals surface area (Å²) in [6.45, 7) is 2.06. The van der Waals surface area contributed by atoms with Gasteiger partial charge in [-0.15, -0.1) is 0 Å². The maximum Gasteiger partial charge on any atom is 0.0587 e. The first-order valence-electron chi connectivity index (χ1n) is 18.7. The summed E-state index contributed by atoms with van der Waals surface area (Å²) in [6, 6.07) is 20.6. The molecule has 250 valence electrons. The van der Waals surface area contributed by atoms with E-state index < -0.39 is 0 Å². The molecule has 8 rings (SSSR count). The van der Waals surface area contributed by atoms with Gasteiger partial charge in [0.05, 0.1) is 12.1 Å². The fourth-order valence-electron chi connectivity index (χ4n) is 8.41. The molecule has 0 bridgehead atoms. The summed E-state index contributed by atoms with van der Waals surface area (Å²) in [4.78, 5) is 5.25. The standard InChI is InChI=1S/C48H48N2/c1-2-3-4-7-14-36-21-28-44(29-22-36)50-47-20-13-12-19-45(47)46-35-40(27-34-48(46)50)39-25-32-43(33-26-39)49(41-17-10-6-11-18-41)42-30-23-38(24-31-42)37-15-8-5-9-16-37/h2-10,12,15-17,19,21-25,27-28,30-33,35,39,44,48H,11,13-14,18,20,26,29,34H2,1H3/b3-2-,7-4-/t39?,44-,48-/m1/s1. The Balaban J connectivity index is 0.996. The van der Waals surface area contributed by atoms with E-state index in [-0.39, 0.29) is 0 Å². The van der Waals surface area contributed by atoms with Crippen molar-refractivity contribution in [1.82, 2.24) is 4.90 Å². The smallest absolute Gasteiger partial charge is 0.0587 e. The summed E-state index contributed by atoms with van der Waals surface area (Å²) in [7, 11) is 0. The van der Waals surface area contributed by atoms with E-state index in [0.29, 0.717) is 18.0 Å². The van der Waals surface area contributed by atoms with Crippen molar-refractivity contribution in [1.29, 1.82) is 0 Å². The zero-order valence-corrected chi connectivity index (χ0v) is 29.3. The van der Waals surface area contributed by atoms with Gasteiger partial charge in [0.2, 0.25) is 0 Å². The van der Waals surface area contributed by atoms with Crippen LogP contribution in [0.2, 0.25) is 0 Å². The number of fused-ring (bicyclic) bond motifs is 2. The molecule has 0 aromatic heterocycles. The summed E-state index contributed by atoms with van der Waals surface area (Å²) in [5, 5.41) is 0. The SMILES string of the molecule is C/C=C\C=C/CC1=CC[C@H](N2C3=C(C=CCC3)C3=CC(C4C=CC(N(C5=CC=CCC5)c5ccc(-c6ccccc6)cc5)=CC4)=CC[C@H]32)C=C1. The van der Waals surface area contributed by atoms with Crippen LogP contribution in [-0.2, 0) is 0 Å². The average molecular weight is 653 g/mol. The predicted molar refractivity (Wildman–Crippen MR) is 212 cm³/mol. The Morgan fingerprint density at radius 3 is 2.42 bits per heavy atom. The molecule has 0 N–H and O–H groups in total. The summed E-state index contributed by atoms with van der Waals surface area (Å²) in [6.07, 6.45) is 48.5. The van der Waals surface area contributed by atoms with Crippen molar-refractivity contribution in [2.24, 2.45) is 5.92 Å². The van der Waals surface area contributed by atoms with Crippen molar-refractivity contribution in [3.63, 3.8) is 0 Å². The topological polar surface area (TPSA) is 6.48 Å². The van der Waals surface area contributed by atoms with Crippen LogP contribution in [0.3, 0.4) is 0 Å². The molecular formula is C48H48N2. The van der Waals surface area contributed by atoms with E-state index in [2.05, 4.69) is 175 Å². The fourth-order valence-corrected chi connectivity index (χ4v) is 8.41. The van der Waals surface area contributed by atoms with Crippen LogP contribution in [0.5, 0.6) is 0 Å². The van der Waals surface area contributed by atoms with Gasteiger partial charge < -0.3 is 9.80 Å². The van der Waals surface area contributed by atoms with Gasteiger partial charge in [-0.3, -0.25) is 0 Å². The van der Waals surface area contributed by atoms with Crippen LogP contribution in [-0.4, -0.2) is 17.0 Å². The van der Waals surface area contributed by atoms with E-state index >= 15 is 0 Å². The number of nitrogens with zero attached hydrogens (tertiary/aromatic N) is 2. The molecule has 2 nitrogen and oxygen atoms in total. The van der Waals surface area contributed by atoms with Gasteiger partial charge >= 0.3 is 0 Å². The molecule has 2 heteroatoms. The second-order valence-corrected chi connectivity index (χ2v) is 14.1. The molecular weight excluding hydrogens is 605 g/mol. The van der Waals surface area contributed by atoms with Gasteiger partial charge in [-0.2, -0.15) is 0 Å². The van der Waals surface area contributed by atoms with Crippen molar-refractivity contribution < 1.29 is 0 Å². The van der Waals surface area contributed by atoms with E-state index in [1.807, 2.05) is 0 Å². The van der Waals surface area contributed by atoms with Crippen LogP contribution in [0.25, 0.3) is 11.1 Å². The molecule has 1 unspecified atom stereocenters. The summed E-state index contributed by atoms with van der Waals surface area (Å²) in [5.74, 6) is 0.399. The van der Waals surface area contributed by atoms with Crippen LogP contribution in [0.15, 0.2) is 197 Å². The van der Waals surface area contributed by atoms with Gasteiger partial charge in [-0.05, 0) is 116 Å². The van der Waals surface area contributed by atoms with Gasteiger partial charge in [0, 0.05) is 28.7 Å². The van der Waals surface area contributed by atoms with Crippen molar-refractivity contribution >= 4 is 5.69 Å². The second kappa shape index (κ2) is 14.8. The summed E-state index contributed by atoms with van der Waals surface area (Å²) in [5.41, 5.74) is 13.8. The lowest BCUT2D eigenvalue weighted by Crippen LogP contribution is -2.40. The Labute approximate surface area is 299 Å². The minimum Gasteiger partial charge on any atom is -0.360 e. The van der Waals surface area contributed by atoms with Crippen LogP contribution in [0.4, 0.5) is 5.69 Å². The number of hydrogen-bond acceptors (Lipinski definition) is 2. The van der Waals surface area contributed by atoms with E-state index in [0.717, 1.165) is 51.4 Å². The number of anilines is 1. The van der Waals surface area contributed by atoms with E-state index in [9.17, 15) is 0 Å². The molecule has 50 heavy (non-hydrogen) atoms. The first-order valence-corrected chi connectivity index (χ1v) is 18.7. The zero-order valence-electron chi connectivity index (χ0n) is 29.3. The molecule has 0 radical (unpaired) electrons. The van der Waals surface area contributed by atoms with Crippen LogP contribution in [0.1, 0.15) is 58.3 Å². The molecule has 0 saturated carbocycles. The third kappa shape index (κ3) is 6.60. The highest BCUT2D eigenvalue weighted by atomic mass is 15.2. The molecule has 0 amide bonds. The van der Waals surface area contributed by atoms with Gasteiger partial charge in [0.15, 0.2) is 0 Å². The Morgan fingerprint density at radius 1 is 0.800 bits per heavy atom. The molecule has 0 spiro atoms. The number of hydrogen-bond donors (Lipinski definition) is 0. The Kier molecular flexibility index (Phi) is 9.52. The lowest BCUT2D eigenvalue weighted by Gasteiger charge is -2.38. The summed E-state index contributed by atoms with van der Waals surface area (Å²) < 4.78 is 0. The maximum atomic E-state index is 2.78. The normalized spacial score (nSPS) is 24.2. The highest BCUT2D eigenvalue weighted by molar-refractivity contribution is 5.69. The molecule has 1 heterocycles. The fraction of sp³-hybridized carbons (Fsp3) is 0.250. The molecule has 0 saturated heterocycles. The van der Waals surface area contributed by atoms with Crippen LogP contribution < -0.4 is 4.90 Å². The van der Waals surface area contributed by atoms with Crippen molar-refractivity contribution in [3.8, 4) is 11.1 Å². The monoisotopic (exact) mass is 652 g/mol. The third-order valence-corrected chi connectivity index (χ3v) is 10.9. The van der Waals surface area contributed by atoms with Crippen molar-refractivity contribution in [3.05, 3.63) is 197 Å². The minimum atomic E-state index is 0.399. The van der Waals surface area contributed by atoms with Crippen molar-refractivity contribution in [2.75, 3.05) is 4.90 Å². The van der Waals surface area contributed by atoms with Gasteiger partial charge in [0.1, 0.15) is 0 Å². The Morgan fingerprint density at radius 2 is 1.66 bits per heavy atom. The lowest BCUT2D eigenvalue weighted by atomic mass is 9.82. The zero-order chi connectivity index (χ0) is 33.7. The van der Waals surface area contributed by atoms with E-state index in [1.54, 1.807) is 5.70 Å². The molecule has 3 atom stereocenters. The molecule has 5 aliphatic carbocycles. The molecule has 0 fully saturated rings. The highest BCUT2D eigenvalue weighted by Gasteiger charge is 2.40. The van der Waals surface area contributed by atoms with Gasteiger partial charge in [-0.1, -0.05) is 134 Å². The van der Waals surface area contributed by atoms with E-state index in [1.165, 1.54) is 50.5 Å². The first kappa shape index (κ1) is 32.1. The minimum absolute atomic E-state index is 0.399. The predicted octanol–water partition coefficient (Wildman–Crippen LogP) is 12.2. The largest absolute Gasteiger partial charge is 0.360 e. The van der Waals surface area contributed by atoms with Gasteiger partial charge in [0.25, 0.3) is 0 Å². The summed E-state index contributed by atoms with van der Waals surface area (Å²) >= 11 is 0. The lowest BCUT2D eigenvalue weighted by molar-refractivity contribution is 0.246. The maximum absolute atomic E-state index is 2.78. The Hall–Kier alpha value is -5.08. The quantitative estimate of drug-likeness (QED) is 0.249. The number of benzene rings is 2.